The molecule has 22 heavy (non-hydrogen) atoms. The van der Waals surface area contributed by atoms with Crippen LogP contribution in [-0.2, 0) is 4.79 Å². The smallest absolute Gasteiger partial charge is 0.253 e. The van der Waals surface area contributed by atoms with Gasteiger partial charge in [-0.05, 0) is 31.9 Å². The lowest BCUT2D eigenvalue weighted by Crippen LogP contribution is -2.52. The number of carbonyl (C=O) groups is 2. The second kappa shape index (κ2) is 7.31. The Hall–Kier alpha value is -1.30. The van der Waals surface area contributed by atoms with Gasteiger partial charge in [-0.15, -0.1) is 0 Å². The van der Waals surface area contributed by atoms with Crippen LogP contribution in [0.5, 0.6) is 0 Å². The molecule has 2 rings (SSSR count). The summed E-state index contributed by atoms with van der Waals surface area (Å²) >= 11 is 11.9. The Labute approximate surface area is 139 Å². The highest BCUT2D eigenvalue weighted by molar-refractivity contribution is 6.43. The summed E-state index contributed by atoms with van der Waals surface area (Å²) in [7, 11) is 0. The summed E-state index contributed by atoms with van der Waals surface area (Å²) in [5.74, 6) is -0.559. The maximum Gasteiger partial charge on any atom is 0.253 e. The topological polar surface area (TPSA) is 75.4 Å². The minimum atomic E-state index is -0.646. The van der Waals surface area contributed by atoms with Crippen LogP contribution in [0, 0.1) is 0 Å². The van der Waals surface area contributed by atoms with Crippen molar-refractivity contribution in [3.05, 3.63) is 33.8 Å². The zero-order chi connectivity index (χ0) is 16.3. The van der Waals surface area contributed by atoms with Crippen molar-refractivity contribution in [3.63, 3.8) is 0 Å². The lowest BCUT2D eigenvalue weighted by molar-refractivity contribution is -0.134. The van der Waals surface area contributed by atoms with Crippen molar-refractivity contribution in [1.82, 2.24) is 10.2 Å². The van der Waals surface area contributed by atoms with Crippen molar-refractivity contribution >= 4 is 35.0 Å². The minimum absolute atomic E-state index is 0.00276. The molecule has 1 aromatic carbocycles. The van der Waals surface area contributed by atoms with E-state index in [0.717, 1.165) is 12.8 Å². The fraction of sp³-hybridized carbons (Fsp3) is 0.467. The van der Waals surface area contributed by atoms with Crippen LogP contribution in [0.25, 0.3) is 0 Å². The molecule has 0 spiro atoms. The van der Waals surface area contributed by atoms with Crippen molar-refractivity contribution in [1.29, 1.82) is 0 Å². The molecule has 1 heterocycles. The predicted octanol–water partition coefficient (Wildman–Crippen LogP) is 2.06. The molecular weight excluding hydrogens is 325 g/mol. The quantitative estimate of drug-likeness (QED) is 0.881. The van der Waals surface area contributed by atoms with Crippen molar-refractivity contribution in [2.24, 2.45) is 5.73 Å². The number of carbonyl (C=O) groups excluding carboxylic acids is 2. The summed E-state index contributed by atoms with van der Waals surface area (Å²) in [4.78, 5) is 26.3. The van der Waals surface area contributed by atoms with E-state index in [2.05, 4.69) is 5.32 Å². The van der Waals surface area contributed by atoms with E-state index in [1.807, 2.05) is 0 Å². The largest absolute Gasteiger partial charge is 0.340 e. The molecule has 2 amide bonds. The molecule has 3 N–H and O–H groups in total. The molecule has 0 bridgehead atoms. The van der Waals surface area contributed by atoms with Crippen LogP contribution in [0.4, 0.5) is 0 Å². The summed E-state index contributed by atoms with van der Waals surface area (Å²) < 4.78 is 0. The summed E-state index contributed by atoms with van der Waals surface area (Å²) in [5.41, 5.74) is 6.13. The van der Waals surface area contributed by atoms with Gasteiger partial charge in [-0.3, -0.25) is 9.59 Å². The van der Waals surface area contributed by atoms with Gasteiger partial charge in [0.2, 0.25) is 5.91 Å². The zero-order valence-corrected chi connectivity index (χ0v) is 13.8. The molecule has 5 nitrogen and oxygen atoms in total. The Morgan fingerprint density at radius 3 is 2.82 bits per heavy atom. The van der Waals surface area contributed by atoms with Gasteiger partial charge >= 0.3 is 0 Å². The summed E-state index contributed by atoms with van der Waals surface area (Å²) in [6.45, 7) is 2.85. The molecule has 1 aliphatic rings. The normalized spacial score (nSPS) is 19.6. The van der Waals surface area contributed by atoms with E-state index < -0.39 is 11.9 Å². The zero-order valence-electron chi connectivity index (χ0n) is 12.3. The third-order valence-corrected chi connectivity index (χ3v) is 4.50. The van der Waals surface area contributed by atoms with Crippen LogP contribution in [0.1, 0.15) is 30.1 Å². The van der Waals surface area contributed by atoms with Gasteiger partial charge in [0, 0.05) is 19.1 Å². The van der Waals surface area contributed by atoms with Gasteiger partial charge in [0.1, 0.15) is 6.04 Å². The highest BCUT2D eigenvalue weighted by atomic mass is 35.5. The third kappa shape index (κ3) is 3.91. The molecule has 2 atom stereocenters. The van der Waals surface area contributed by atoms with Crippen molar-refractivity contribution in [2.75, 3.05) is 13.1 Å². The highest BCUT2D eigenvalue weighted by Gasteiger charge is 2.26. The number of nitrogens with zero attached hydrogens (tertiary/aromatic N) is 1. The monoisotopic (exact) mass is 343 g/mol. The van der Waals surface area contributed by atoms with Crippen LogP contribution in [-0.4, -0.2) is 41.9 Å². The number of hydrogen-bond acceptors (Lipinski definition) is 3. The lowest BCUT2D eigenvalue weighted by Gasteiger charge is -2.32. The summed E-state index contributed by atoms with van der Waals surface area (Å²) in [5, 5.41) is 3.15. The fourth-order valence-electron chi connectivity index (χ4n) is 2.50. The Bertz CT molecular complexity index is 580. The first kappa shape index (κ1) is 17.1. The maximum absolute atomic E-state index is 12.4. The molecular formula is C15H19Cl2N3O2. The van der Waals surface area contributed by atoms with Crippen LogP contribution in [0.15, 0.2) is 18.2 Å². The molecule has 1 saturated heterocycles. The highest BCUT2D eigenvalue weighted by Crippen LogP contribution is 2.25. The second-order valence-electron chi connectivity index (χ2n) is 5.48. The van der Waals surface area contributed by atoms with E-state index in [1.165, 1.54) is 0 Å². The predicted molar refractivity (Wildman–Crippen MR) is 87.2 cm³/mol. The van der Waals surface area contributed by atoms with E-state index in [0.29, 0.717) is 18.1 Å². The maximum atomic E-state index is 12.4. The third-order valence-electron chi connectivity index (χ3n) is 3.68. The van der Waals surface area contributed by atoms with Crippen LogP contribution >= 0.6 is 23.2 Å². The number of rotatable bonds is 3. The molecule has 2 unspecified atom stereocenters. The number of nitrogens with one attached hydrogen (secondary N) is 1. The molecule has 0 aliphatic carbocycles. The number of nitrogens with two attached hydrogens (primary N) is 1. The molecule has 120 valence electrons. The Morgan fingerprint density at radius 2 is 2.14 bits per heavy atom. The standard InChI is InChI=1S/C15H19Cl2N3O2/c1-9(15(22)20-7-3-4-10(18)8-20)19-14(21)11-5-2-6-12(16)13(11)17/h2,5-6,9-10H,3-4,7-8,18H2,1H3,(H,19,21). The van der Waals surface area contributed by atoms with E-state index in [9.17, 15) is 9.59 Å². The van der Waals surface area contributed by atoms with Crippen molar-refractivity contribution in [3.8, 4) is 0 Å². The molecule has 0 saturated carbocycles. The van der Waals surface area contributed by atoms with Crippen LogP contribution in [0.2, 0.25) is 10.0 Å². The van der Waals surface area contributed by atoms with Gasteiger partial charge in [-0.1, -0.05) is 29.3 Å². The average molecular weight is 344 g/mol. The number of benzene rings is 1. The van der Waals surface area contributed by atoms with Crippen LogP contribution in [0.3, 0.4) is 0 Å². The van der Waals surface area contributed by atoms with Crippen molar-refractivity contribution < 1.29 is 9.59 Å². The number of amides is 2. The van der Waals surface area contributed by atoms with Gasteiger partial charge in [-0.2, -0.15) is 0 Å². The first-order valence-electron chi connectivity index (χ1n) is 7.19. The van der Waals surface area contributed by atoms with Crippen molar-refractivity contribution in [2.45, 2.75) is 31.8 Å². The molecule has 1 fully saturated rings. The van der Waals surface area contributed by atoms with Crippen LogP contribution < -0.4 is 11.1 Å². The van der Waals surface area contributed by atoms with Gasteiger partial charge in [0.25, 0.3) is 5.91 Å². The molecule has 7 heteroatoms. The summed E-state index contributed by atoms with van der Waals surface area (Å²) in [6.07, 6.45) is 1.80. The fourth-order valence-corrected chi connectivity index (χ4v) is 2.89. The Balaban J connectivity index is 2.01. The molecule has 0 radical (unpaired) electrons. The van der Waals surface area contributed by atoms with Gasteiger partial charge in [0.15, 0.2) is 0 Å². The molecule has 1 aromatic rings. The molecule has 1 aliphatic heterocycles. The first-order chi connectivity index (χ1) is 10.4. The number of likely N-dealkylation sites (tertiary alicyclic amines) is 1. The summed E-state index contributed by atoms with van der Waals surface area (Å²) in [6, 6.07) is 4.16. The first-order valence-corrected chi connectivity index (χ1v) is 7.95. The van der Waals surface area contributed by atoms with E-state index in [4.69, 9.17) is 28.9 Å². The average Bonchev–Trinajstić information content (AvgIpc) is 2.49. The lowest BCUT2D eigenvalue weighted by atomic mass is 10.1. The van der Waals surface area contributed by atoms with Gasteiger partial charge in [0.05, 0.1) is 15.6 Å². The second-order valence-corrected chi connectivity index (χ2v) is 6.27. The van der Waals surface area contributed by atoms with E-state index in [1.54, 1.807) is 30.0 Å². The Morgan fingerprint density at radius 1 is 1.41 bits per heavy atom. The van der Waals surface area contributed by atoms with Gasteiger partial charge < -0.3 is 16.0 Å². The van der Waals surface area contributed by atoms with E-state index in [-0.39, 0.29) is 22.5 Å². The molecule has 0 aromatic heterocycles. The number of piperidine rings is 1. The SMILES string of the molecule is CC(NC(=O)c1cccc(Cl)c1Cl)C(=O)N1CCCC(N)C1. The number of halogens is 2. The Kier molecular flexibility index (Phi) is 5.67. The minimum Gasteiger partial charge on any atom is -0.340 e. The van der Waals surface area contributed by atoms with E-state index >= 15 is 0 Å². The van der Waals surface area contributed by atoms with Gasteiger partial charge in [-0.25, -0.2) is 0 Å². The number of hydrogen-bond donors (Lipinski definition) is 2.